The van der Waals surface area contributed by atoms with Crippen LogP contribution in [0.5, 0.6) is 11.5 Å². The van der Waals surface area contributed by atoms with Crippen molar-refractivity contribution in [3.8, 4) is 11.5 Å². The molecule has 0 saturated heterocycles. The van der Waals surface area contributed by atoms with Crippen molar-refractivity contribution in [1.82, 2.24) is 18.7 Å². The summed E-state index contributed by atoms with van der Waals surface area (Å²) in [6.45, 7) is 0. The number of aromatic nitrogens is 4. The minimum atomic E-state index is -4.05. The number of rotatable bonds is 7. The fraction of sp³-hybridized carbons (Fsp3) is 0.368. The molecule has 12 nitrogen and oxygen atoms in total. The largest absolute Gasteiger partial charge is 0.497 e. The Morgan fingerprint density at radius 2 is 1.75 bits per heavy atom. The highest BCUT2D eigenvalue weighted by Gasteiger charge is 2.26. The van der Waals surface area contributed by atoms with E-state index in [1.807, 2.05) is 0 Å². The molecule has 172 valence electrons. The van der Waals surface area contributed by atoms with Crippen LogP contribution < -0.4 is 26.0 Å². The molecule has 0 spiro atoms. The summed E-state index contributed by atoms with van der Waals surface area (Å²) in [6, 6.07) is 4.78. The molecule has 3 rings (SSSR count). The summed E-state index contributed by atoms with van der Waals surface area (Å²) in [6.07, 6.45) is -0.363. The van der Waals surface area contributed by atoms with E-state index in [1.165, 1.54) is 35.4 Å². The van der Waals surface area contributed by atoms with Crippen LogP contribution in [-0.4, -0.2) is 53.0 Å². The molecular formula is C19H23N5O7S. The molecule has 0 aliphatic carbocycles. The molecule has 0 unspecified atom stereocenters. The van der Waals surface area contributed by atoms with E-state index < -0.39 is 37.9 Å². The van der Waals surface area contributed by atoms with Crippen LogP contribution >= 0.6 is 0 Å². The number of hydrogen-bond acceptors (Lipinski definition) is 8. The Morgan fingerprint density at radius 3 is 2.38 bits per heavy atom. The molecule has 2 heterocycles. The van der Waals surface area contributed by atoms with Gasteiger partial charge in [-0.25, -0.2) is 18.2 Å². The van der Waals surface area contributed by atoms with Gasteiger partial charge in [0.2, 0.25) is 20.9 Å². The van der Waals surface area contributed by atoms with Gasteiger partial charge in [0.25, 0.3) is 5.56 Å². The lowest BCUT2D eigenvalue weighted by molar-refractivity contribution is -0.115. The van der Waals surface area contributed by atoms with Crippen molar-refractivity contribution in [2.45, 2.75) is 11.6 Å². The van der Waals surface area contributed by atoms with Gasteiger partial charge in [-0.2, -0.15) is 0 Å². The maximum Gasteiger partial charge on any atom is 0.332 e. The number of nitrogens with zero attached hydrogens (tertiary/aromatic N) is 4. The number of hydrogen-bond donors (Lipinski definition) is 1. The van der Waals surface area contributed by atoms with Crippen LogP contribution in [0.4, 0.5) is 5.69 Å². The lowest BCUT2D eigenvalue weighted by Gasteiger charge is -2.11. The van der Waals surface area contributed by atoms with Crippen LogP contribution in [0.3, 0.4) is 0 Å². The first-order chi connectivity index (χ1) is 15.0. The molecule has 0 bridgehead atoms. The molecule has 1 aromatic carbocycles. The second-order valence-electron chi connectivity index (χ2n) is 7.01. The summed E-state index contributed by atoms with van der Waals surface area (Å²) in [5.41, 5.74) is -1.03. The fourth-order valence-electron chi connectivity index (χ4n) is 3.27. The van der Waals surface area contributed by atoms with Crippen molar-refractivity contribution in [2.75, 3.05) is 25.3 Å². The molecule has 0 saturated carbocycles. The number of imidazole rings is 1. The highest BCUT2D eigenvalue weighted by Crippen LogP contribution is 2.29. The maximum absolute atomic E-state index is 12.9. The quantitative estimate of drug-likeness (QED) is 0.505. The minimum absolute atomic E-state index is 0.0732. The number of nitrogens with one attached hydrogen (secondary N) is 1. The van der Waals surface area contributed by atoms with Crippen LogP contribution in [0.1, 0.15) is 6.42 Å². The van der Waals surface area contributed by atoms with E-state index >= 15 is 0 Å². The van der Waals surface area contributed by atoms with Gasteiger partial charge in [0.05, 0.1) is 25.7 Å². The van der Waals surface area contributed by atoms with Crippen molar-refractivity contribution in [3.63, 3.8) is 0 Å². The van der Waals surface area contributed by atoms with Gasteiger partial charge in [-0.1, -0.05) is 0 Å². The summed E-state index contributed by atoms with van der Waals surface area (Å²) in [4.78, 5) is 40.9. The first kappa shape index (κ1) is 23.1. The average Bonchev–Trinajstić information content (AvgIpc) is 3.13. The number of carbonyl (C=O) groups is 1. The number of anilines is 1. The van der Waals surface area contributed by atoms with Gasteiger partial charge in [-0.15, -0.1) is 0 Å². The van der Waals surface area contributed by atoms with Crippen molar-refractivity contribution in [2.24, 2.45) is 21.1 Å². The second kappa shape index (κ2) is 8.49. The molecular weight excluding hydrogens is 442 g/mol. The van der Waals surface area contributed by atoms with Gasteiger partial charge in [0.15, 0.2) is 11.2 Å². The predicted molar refractivity (Wildman–Crippen MR) is 116 cm³/mol. The highest BCUT2D eigenvalue weighted by atomic mass is 32.2. The van der Waals surface area contributed by atoms with Crippen molar-refractivity contribution < 1.29 is 22.7 Å². The normalized spacial score (nSPS) is 11.5. The van der Waals surface area contributed by atoms with Crippen molar-refractivity contribution in [1.29, 1.82) is 0 Å². The number of ether oxygens (including phenoxy) is 2. The maximum atomic E-state index is 12.9. The predicted octanol–water partition coefficient (Wildman–Crippen LogP) is -0.210. The molecule has 0 fully saturated rings. The second-order valence-corrected chi connectivity index (χ2v) is 9.02. The number of carbonyl (C=O) groups excluding carboxylic acids is 1. The molecule has 0 aliphatic rings. The van der Waals surface area contributed by atoms with E-state index in [4.69, 9.17) is 9.47 Å². The van der Waals surface area contributed by atoms with Gasteiger partial charge in [-0.05, 0) is 12.1 Å². The number of fused-ring (bicyclic) bond motifs is 1. The first-order valence-corrected chi connectivity index (χ1v) is 11.0. The molecule has 2 aromatic heterocycles. The third-order valence-electron chi connectivity index (χ3n) is 4.98. The minimum Gasteiger partial charge on any atom is -0.497 e. The molecule has 13 heteroatoms. The Morgan fingerprint density at radius 1 is 1.06 bits per heavy atom. The van der Waals surface area contributed by atoms with Crippen molar-refractivity contribution >= 4 is 32.6 Å². The number of sulfone groups is 1. The number of amides is 1. The standard InChI is InChI=1S/C19H23N5O7S/c1-22-16-15(17(26)24(3)19(27)23(16)2)21-18(22)32(28,29)9-8-14(25)20-12-7-6-11(30-4)10-13(12)31-5/h6-7,10H,8-9H2,1-5H3,(H,20,25). The van der Waals surface area contributed by atoms with Gasteiger partial charge >= 0.3 is 5.69 Å². The van der Waals surface area contributed by atoms with E-state index in [0.717, 1.165) is 13.7 Å². The van der Waals surface area contributed by atoms with Crippen LogP contribution in [0, 0.1) is 0 Å². The highest BCUT2D eigenvalue weighted by molar-refractivity contribution is 7.91. The SMILES string of the molecule is COc1ccc(NC(=O)CCS(=O)(=O)c2nc3c(=O)n(C)c(=O)n(C)c3n2C)c(OC)c1. The van der Waals surface area contributed by atoms with Crippen molar-refractivity contribution in [3.05, 3.63) is 39.0 Å². The fourth-order valence-corrected chi connectivity index (χ4v) is 4.64. The zero-order chi connectivity index (χ0) is 23.8. The average molecular weight is 465 g/mol. The van der Waals surface area contributed by atoms with Gasteiger partial charge in [-0.3, -0.25) is 18.7 Å². The Labute approximate surface area is 182 Å². The van der Waals surface area contributed by atoms with Crippen LogP contribution in [-0.2, 0) is 35.8 Å². The van der Waals surface area contributed by atoms with Crippen LogP contribution in [0.2, 0.25) is 0 Å². The lowest BCUT2D eigenvalue weighted by atomic mass is 10.2. The molecule has 32 heavy (non-hydrogen) atoms. The summed E-state index contributed by atoms with van der Waals surface area (Å²) in [5, 5.41) is 2.20. The van der Waals surface area contributed by atoms with E-state index in [0.29, 0.717) is 17.2 Å². The van der Waals surface area contributed by atoms with E-state index in [2.05, 4.69) is 10.3 Å². The molecule has 1 N–H and O–H groups in total. The third-order valence-corrected chi connectivity index (χ3v) is 6.64. The molecule has 1 amide bonds. The smallest absolute Gasteiger partial charge is 0.332 e. The van der Waals surface area contributed by atoms with Crippen LogP contribution in [0.15, 0.2) is 32.9 Å². The van der Waals surface area contributed by atoms with Gasteiger partial charge in [0.1, 0.15) is 11.5 Å². The van der Waals surface area contributed by atoms with E-state index in [1.54, 1.807) is 18.2 Å². The summed E-state index contributed by atoms with van der Waals surface area (Å²) < 4.78 is 39.2. The van der Waals surface area contributed by atoms with Crippen LogP contribution in [0.25, 0.3) is 11.2 Å². The molecule has 0 atom stereocenters. The number of aryl methyl sites for hydroxylation is 2. The summed E-state index contributed by atoms with van der Waals surface area (Å²) >= 11 is 0. The van der Waals surface area contributed by atoms with Gasteiger partial charge < -0.3 is 19.4 Å². The monoisotopic (exact) mass is 465 g/mol. The zero-order valence-corrected chi connectivity index (χ0v) is 19.0. The van der Waals surface area contributed by atoms with E-state index in [9.17, 15) is 22.8 Å². The zero-order valence-electron chi connectivity index (χ0n) is 18.2. The Bertz CT molecular complexity index is 1430. The molecule has 3 aromatic rings. The molecule has 0 aliphatic heterocycles. The van der Waals surface area contributed by atoms with E-state index in [-0.39, 0.29) is 17.6 Å². The Hall–Kier alpha value is -3.61. The first-order valence-electron chi connectivity index (χ1n) is 9.39. The van der Waals surface area contributed by atoms with Gasteiger partial charge in [0, 0.05) is 33.6 Å². The summed E-state index contributed by atoms with van der Waals surface area (Å²) in [7, 11) is 2.96. The Balaban J connectivity index is 1.85. The number of methoxy groups -OCH3 is 2. The Kier molecular flexibility index (Phi) is 6.12. The molecule has 0 radical (unpaired) electrons. The number of benzene rings is 1. The lowest BCUT2D eigenvalue weighted by Crippen LogP contribution is -2.37. The third kappa shape index (κ3) is 3.98. The topological polar surface area (TPSA) is 144 Å². The summed E-state index contributed by atoms with van der Waals surface area (Å²) in [5.74, 6) is -0.223.